The van der Waals surface area contributed by atoms with E-state index < -0.39 is 16.6 Å². The molecule has 0 aliphatic heterocycles. The average molecular weight is 219 g/mol. The summed E-state index contributed by atoms with van der Waals surface area (Å²) in [4.78, 5) is 9.97. The quantitative estimate of drug-likeness (QED) is 0.421. The van der Waals surface area contributed by atoms with Crippen LogP contribution in [0.4, 0.5) is 4.79 Å². The van der Waals surface area contributed by atoms with E-state index in [0.29, 0.717) is 6.61 Å². The van der Waals surface area contributed by atoms with Crippen molar-refractivity contribution in [2.75, 3.05) is 13.7 Å². The zero-order valence-electron chi connectivity index (χ0n) is 7.26. The van der Waals surface area contributed by atoms with Gasteiger partial charge in [0.05, 0.1) is 13.7 Å². The van der Waals surface area contributed by atoms with E-state index in [4.69, 9.17) is 17.5 Å². The maximum atomic E-state index is 9.97. The fourth-order valence-electron chi connectivity index (χ4n) is 0.177. The molecule has 0 rings (SSSR count). The smallest absolute Gasteiger partial charge is 0.438 e. The van der Waals surface area contributed by atoms with Crippen molar-refractivity contribution in [2.24, 2.45) is 0 Å². The van der Waals surface area contributed by atoms with E-state index in [1.54, 1.807) is 6.92 Å². The second-order valence-electron chi connectivity index (χ2n) is 1.33. The molecule has 0 heterocycles. The minimum Gasteiger partial charge on any atom is -0.438 e. The summed E-state index contributed by atoms with van der Waals surface area (Å²) in [6.07, 6.45) is -0.623. The minimum absolute atomic E-state index is 0. The molecular formula is C4H13NO7S. The van der Waals surface area contributed by atoms with Crippen molar-refractivity contribution < 1.29 is 31.8 Å². The Balaban J connectivity index is -0.000000150. The van der Waals surface area contributed by atoms with Crippen molar-refractivity contribution in [1.82, 2.24) is 6.15 Å². The van der Waals surface area contributed by atoms with E-state index in [1.807, 2.05) is 0 Å². The highest BCUT2D eigenvalue weighted by Gasteiger charge is 1.92. The number of hydrogen-bond donors (Lipinski definition) is 3. The van der Waals surface area contributed by atoms with Crippen molar-refractivity contribution in [1.29, 1.82) is 0 Å². The van der Waals surface area contributed by atoms with Gasteiger partial charge in [-0.1, -0.05) is 0 Å². The summed E-state index contributed by atoms with van der Waals surface area (Å²) in [6, 6.07) is 0. The number of ether oxygens (including phenoxy) is 2. The van der Waals surface area contributed by atoms with Crippen LogP contribution in [0.2, 0.25) is 0 Å². The first kappa shape index (κ1) is 18.0. The second kappa shape index (κ2) is 9.19. The molecule has 0 aliphatic carbocycles. The van der Waals surface area contributed by atoms with Crippen LogP contribution in [-0.4, -0.2) is 37.4 Å². The highest BCUT2D eigenvalue weighted by Crippen LogP contribution is 1.77. The molecule has 13 heavy (non-hydrogen) atoms. The van der Waals surface area contributed by atoms with Crippen LogP contribution in [0, 0.1) is 0 Å². The molecule has 0 unspecified atom stereocenters. The van der Waals surface area contributed by atoms with Crippen LogP contribution in [0.25, 0.3) is 0 Å². The summed E-state index contributed by atoms with van der Waals surface area (Å²) in [5.74, 6) is 0. The molecule has 82 valence electrons. The summed E-state index contributed by atoms with van der Waals surface area (Å²) in [6.45, 7) is 2.09. The van der Waals surface area contributed by atoms with Gasteiger partial charge in [-0.3, -0.25) is 9.11 Å². The fourth-order valence-corrected chi connectivity index (χ4v) is 0.177. The predicted molar refractivity (Wildman–Crippen MR) is 43.2 cm³/mol. The van der Waals surface area contributed by atoms with Gasteiger partial charge in [0.2, 0.25) is 0 Å². The van der Waals surface area contributed by atoms with Gasteiger partial charge in [0, 0.05) is 0 Å². The first-order valence-electron chi connectivity index (χ1n) is 2.71. The lowest BCUT2D eigenvalue weighted by Gasteiger charge is -1.94. The third kappa shape index (κ3) is 54.7. The van der Waals surface area contributed by atoms with Crippen LogP contribution in [0.1, 0.15) is 6.92 Å². The Morgan fingerprint density at radius 2 is 1.69 bits per heavy atom. The van der Waals surface area contributed by atoms with E-state index in [0.717, 1.165) is 0 Å². The summed E-state index contributed by atoms with van der Waals surface area (Å²) in [5, 5.41) is 0. The van der Waals surface area contributed by atoms with Gasteiger partial charge < -0.3 is 15.6 Å². The van der Waals surface area contributed by atoms with E-state index in [1.165, 1.54) is 7.11 Å². The molecule has 0 atom stereocenters. The van der Waals surface area contributed by atoms with Gasteiger partial charge in [-0.25, -0.2) is 4.79 Å². The summed E-state index contributed by atoms with van der Waals surface area (Å²) < 4.78 is 40.0. The standard InChI is InChI=1S/C4H8O3.H3N.H2O4S/c1-3-7-4(5)6-2;;1-5(2,3)4/h3H2,1-2H3;1H3;(H2,1,2,3,4). The zero-order chi connectivity index (χ0) is 10.2. The molecule has 0 aromatic carbocycles. The number of hydrogen-bond acceptors (Lipinski definition) is 6. The zero-order valence-corrected chi connectivity index (χ0v) is 8.07. The monoisotopic (exact) mass is 219 g/mol. The Hall–Kier alpha value is -0.900. The number of carbonyl (C=O) groups excluding carboxylic acids is 1. The fraction of sp³-hybridized carbons (Fsp3) is 0.750. The normalized spacial score (nSPS) is 8.62. The molecular weight excluding hydrogens is 206 g/mol. The number of methoxy groups -OCH3 is 1. The third-order valence-corrected chi connectivity index (χ3v) is 0.429. The van der Waals surface area contributed by atoms with Gasteiger partial charge in [-0.15, -0.1) is 0 Å². The van der Waals surface area contributed by atoms with Crippen LogP contribution in [-0.2, 0) is 19.9 Å². The maximum absolute atomic E-state index is 9.97. The second-order valence-corrected chi connectivity index (χ2v) is 2.23. The Labute approximate surface area is 76.0 Å². The van der Waals surface area contributed by atoms with Gasteiger partial charge in [0.15, 0.2) is 0 Å². The van der Waals surface area contributed by atoms with Crippen molar-refractivity contribution >= 4 is 16.6 Å². The highest BCUT2D eigenvalue weighted by atomic mass is 32.3. The summed E-state index contributed by atoms with van der Waals surface area (Å²) >= 11 is 0. The number of carbonyl (C=O) groups is 1. The highest BCUT2D eigenvalue weighted by molar-refractivity contribution is 7.79. The van der Waals surface area contributed by atoms with E-state index in [-0.39, 0.29) is 6.15 Å². The lowest BCUT2D eigenvalue weighted by Crippen LogP contribution is -2.02. The molecule has 0 radical (unpaired) electrons. The van der Waals surface area contributed by atoms with Crippen molar-refractivity contribution in [3.05, 3.63) is 0 Å². The van der Waals surface area contributed by atoms with Gasteiger partial charge in [0.1, 0.15) is 0 Å². The lowest BCUT2D eigenvalue weighted by atomic mass is 10.9. The average Bonchev–Trinajstić information content (AvgIpc) is 1.85. The van der Waals surface area contributed by atoms with Crippen LogP contribution in [0.15, 0.2) is 0 Å². The first-order chi connectivity index (χ1) is 5.31. The Bertz CT molecular complexity index is 203. The molecule has 0 amide bonds. The molecule has 0 saturated carbocycles. The molecule has 0 bridgehead atoms. The van der Waals surface area contributed by atoms with E-state index >= 15 is 0 Å². The predicted octanol–water partition coefficient (Wildman–Crippen LogP) is 0.299. The van der Waals surface area contributed by atoms with E-state index in [9.17, 15) is 4.79 Å². The Morgan fingerprint density at radius 1 is 1.38 bits per heavy atom. The molecule has 8 nitrogen and oxygen atoms in total. The van der Waals surface area contributed by atoms with Gasteiger partial charge >= 0.3 is 16.6 Å². The molecule has 5 N–H and O–H groups in total. The van der Waals surface area contributed by atoms with Crippen LogP contribution in [0.5, 0.6) is 0 Å². The SMILES string of the molecule is CCOC(=O)OC.N.O=S(=O)(O)O. The minimum atomic E-state index is -4.67. The largest absolute Gasteiger partial charge is 0.507 e. The molecule has 9 heteroatoms. The molecule has 0 aliphatic rings. The lowest BCUT2D eigenvalue weighted by molar-refractivity contribution is 0.0771. The molecule has 0 saturated heterocycles. The van der Waals surface area contributed by atoms with Crippen molar-refractivity contribution in [2.45, 2.75) is 6.92 Å². The third-order valence-electron chi connectivity index (χ3n) is 0.429. The topological polar surface area (TPSA) is 145 Å². The summed E-state index contributed by atoms with van der Waals surface area (Å²) in [7, 11) is -3.39. The summed E-state index contributed by atoms with van der Waals surface area (Å²) in [5.41, 5.74) is 0. The maximum Gasteiger partial charge on any atom is 0.507 e. The van der Waals surface area contributed by atoms with Crippen molar-refractivity contribution in [3.63, 3.8) is 0 Å². The van der Waals surface area contributed by atoms with Crippen LogP contribution >= 0.6 is 0 Å². The molecule has 0 fully saturated rings. The van der Waals surface area contributed by atoms with Crippen LogP contribution in [0.3, 0.4) is 0 Å². The molecule has 0 aromatic heterocycles. The van der Waals surface area contributed by atoms with Gasteiger partial charge in [-0.05, 0) is 6.92 Å². The Morgan fingerprint density at radius 3 is 1.77 bits per heavy atom. The van der Waals surface area contributed by atoms with Gasteiger partial charge in [-0.2, -0.15) is 8.42 Å². The van der Waals surface area contributed by atoms with E-state index in [2.05, 4.69) is 9.47 Å². The molecule has 0 spiro atoms. The first-order valence-corrected chi connectivity index (χ1v) is 4.11. The molecule has 0 aromatic rings. The van der Waals surface area contributed by atoms with Gasteiger partial charge in [0.25, 0.3) is 0 Å². The van der Waals surface area contributed by atoms with Crippen molar-refractivity contribution in [3.8, 4) is 0 Å². The Kier molecular flexibility index (Phi) is 12.7. The van der Waals surface area contributed by atoms with Crippen LogP contribution < -0.4 is 6.15 Å². The number of rotatable bonds is 1.